The van der Waals surface area contributed by atoms with E-state index in [-0.39, 0.29) is 0 Å². The molecule has 0 unspecified atom stereocenters. The monoisotopic (exact) mass is 240 g/mol. The Morgan fingerprint density at radius 1 is 0.889 bits per heavy atom. The number of aromatic nitrogens is 2. The van der Waals surface area contributed by atoms with E-state index in [2.05, 4.69) is 41.2 Å². The highest BCUT2D eigenvalue weighted by Gasteiger charge is 2.15. The average Bonchev–Trinajstić information content (AvgIpc) is 2.46. The van der Waals surface area contributed by atoms with E-state index in [0.717, 1.165) is 17.8 Å². The van der Waals surface area contributed by atoms with Crippen LogP contribution in [-0.4, -0.2) is 9.97 Å². The Labute approximate surface area is 109 Å². The van der Waals surface area contributed by atoms with Gasteiger partial charge in [0.25, 0.3) is 0 Å². The van der Waals surface area contributed by atoms with E-state index in [1.165, 1.54) is 19.3 Å². The van der Waals surface area contributed by atoms with Crippen LogP contribution in [0.2, 0.25) is 0 Å². The lowest BCUT2D eigenvalue weighted by molar-refractivity contribution is 0.600. The van der Waals surface area contributed by atoms with Crippen molar-refractivity contribution < 1.29 is 0 Å². The highest BCUT2D eigenvalue weighted by molar-refractivity contribution is 5.22. The van der Waals surface area contributed by atoms with Crippen molar-refractivity contribution in [3.8, 4) is 0 Å². The molecule has 0 aliphatic carbocycles. The zero-order valence-electron chi connectivity index (χ0n) is 10.9. The number of rotatable bonds is 6. The highest BCUT2D eigenvalue weighted by atomic mass is 14.7. The van der Waals surface area contributed by atoms with Crippen LogP contribution >= 0.6 is 0 Å². The predicted molar refractivity (Wildman–Crippen MR) is 74.5 cm³/mol. The lowest BCUT2D eigenvalue weighted by Crippen LogP contribution is -2.05. The first-order valence-electron chi connectivity index (χ1n) is 6.73. The Morgan fingerprint density at radius 3 is 1.94 bits per heavy atom. The molecule has 0 atom stereocenters. The normalized spacial score (nSPS) is 10.8. The van der Waals surface area contributed by atoms with E-state index >= 15 is 0 Å². The quantitative estimate of drug-likeness (QED) is 0.707. The molecule has 0 fully saturated rings. The third kappa shape index (κ3) is 3.39. The third-order valence-corrected chi connectivity index (χ3v) is 3.19. The molecular weight excluding hydrogens is 220 g/mol. The maximum absolute atomic E-state index is 4.49. The van der Waals surface area contributed by atoms with Crippen LogP contribution in [0.3, 0.4) is 0 Å². The first kappa shape index (κ1) is 12.7. The lowest BCUT2D eigenvalue weighted by atomic mass is 9.93. The van der Waals surface area contributed by atoms with Crippen LogP contribution in [0, 0.1) is 0 Å². The second-order valence-corrected chi connectivity index (χ2v) is 4.56. The van der Waals surface area contributed by atoms with Crippen molar-refractivity contribution in [2.45, 2.75) is 38.5 Å². The van der Waals surface area contributed by atoms with Gasteiger partial charge in [0.2, 0.25) is 0 Å². The van der Waals surface area contributed by atoms with Crippen molar-refractivity contribution >= 4 is 0 Å². The van der Waals surface area contributed by atoms with Crippen LogP contribution in [0.1, 0.15) is 49.9 Å². The highest BCUT2D eigenvalue weighted by Crippen LogP contribution is 2.26. The molecule has 0 aromatic carbocycles. The fourth-order valence-electron chi connectivity index (χ4n) is 2.21. The molecule has 0 saturated carbocycles. The average molecular weight is 240 g/mol. The molecular formula is C16H20N2. The van der Waals surface area contributed by atoms with Gasteiger partial charge in [0.1, 0.15) is 0 Å². The van der Waals surface area contributed by atoms with E-state index in [1.807, 2.05) is 24.5 Å². The summed E-state index contributed by atoms with van der Waals surface area (Å²) in [5.74, 6) is 0.332. The SMILES string of the molecule is CCCCCC(c1ccccn1)c1ccccn1. The molecule has 0 radical (unpaired) electrons. The Bertz CT molecular complexity index is 400. The molecule has 0 bridgehead atoms. The molecule has 2 rings (SSSR count). The first-order valence-corrected chi connectivity index (χ1v) is 6.73. The summed E-state index contributed by atoms with van der Waals surface area (Å²) in [6.45, 7) is 2.23. The molecule has 2 nitrogen and oxygen atoms in total. The van der Waals surface area contributed by atoms with Gasteiger partial charge in [0.05, 0.1) is 0 Å². The van der Waals surface area contributed by atoms with Gasteiger partial charge in [-0.1, -0.05) is 38.3 Å². The predicted octanol–water partition coefficient (Wildman–Crippen LogP) is 4.19. The van der Waals surface area contributed by atoms with Gasteiger partial charge in [0, 0.05) is 29.7 Å². The number of hydrogen-bond acceptors (Lipinski definition) is 2. The van der Waals surface area contributed by atoms with Crippen LogP contribution in [-0.2, 0) is 0 Å². The largest absolute Gasteiger partial charge is 0.261 e. The van der Waals surface area contributed by atoms with Gasteiger partial charge in [0.15, 0.2) is 0 Å². The van der Waals surface area contributed by atoms with E-state index in [1.54, 1.807) is 0 Å². The summed E-state index contributed by atoms with van der Waals surface area (Å²) < 4.78 is 0. The second-order valence-electron chi connectivity index (χ2n) is 4.56. The molecule has 18 heavy (non-hydrogen) atoms. The summed E-state index contributed by atoms with van der Waals surface area (Å²) in [5, 5.41) is 0. The Hall–Kier alpha value is -1.70. The van der Waals surface area contributed by atoms with E-state index in [9.17, 15) is 0 Å². The van der Waals surface area contributed by atoms with Crippen molar-refractivity contribution in [2.24, 2.45) is 0 Å². The maximum atomic E-state index is 4.49. The topological polar surface area (TPSA) is 25.8 Å². The summed E-state index contributed by atoms with van der Waals surface area (Å²) in [5.41, 5.74) is 2.26. The minimum Gasteiger partial charge on any atom is -0.261 e. The lowest BCUT2D eigenvalue weighted by Gasteiger charge is -2.15. The molecule has 0 saturated heterocycles. The molecule has 0 aliphatic rings. The van der Waals surface area contributed by atoms with Crippen molar-refractivity contribution in [3.63, 3.8) is 0 Å². The molecule has 2 heterocycles. The van der Waals surface area contributed by atoms with Crippen LogP contribution in [0.15, 0.2) is 48.8 Å². The Balaban J connectivity index is 2.18. The molecule has 0 aliphatic heterocycles. The first-order chi connectivity index (χ1) is 8.92. The third-order valence-electron chi connectivity index (χ3n) is 3.19. The summed E-state index contributed by atoms with van der Waals surface area (Å²) in [7, 11) is 0. The molecule has 94 valence electrons. The van der Waals surface area contributed by atoms with Gasteiger partial charge < -0.3 is 0 Å². The number of pyridine rings is 2. The standard InChI is InChI=1S/C16H20N2/c1-2-3-4-9-14(15-10-5-7-12-17-15)16-11-6-8-13-18-16/h5-8,10-14H,2-4,9H2,1H3. The smallest absolute Gasteiger partial charge is 0.0494 e. The van der Waals surface area contributed by atoms with Crippen LogP contribution in [0.25, 0.3) is 0 Å². The minimum atomic E-state index is 0.332. The summed E-state index contributed by atoms with van der Waals surface area (Å²) in [6, 6.07) is 12.2. The van der Waals surface area contributed by atoms with Crippen molar-refractivity contribution in [1.82, 2.24) is 9.97 Å². The zero-order chi connectivity index (χ0) is 12.6. The maximum Gasteiger partial charge on any atom is 0.0494 e. The Morgan fingerprint density at radius 2 is 1.50 bits per heavy atom. The second kappa shape index (κ2) is 6.90. The van der Waals surface area contributed by atoms with Gasteiger partial charge in [-0.15, -0.1) is 0 Å². The summed E-state index contributed by atoms with van der Waals surface area (Å²) in [6.07, 6.45) is 8.61. The van der Waals surface area contributed by atoms with Crippen molar-refractivity contribution in [1.29, 1.82) is 0 Å². The van der Waals surface area contributed by atoms with Crippen molar-refractivity contribution in [3.05, 3.63) is 60.2 Å². The van der Waals surface area contributed by atoms with Gasteiger partial charge in [-0.25, -0.2) is 0 Å². The van der Waals surface area contributed by atoms with E-state index in [0.29, 0.717) is 5.92 Å². The number of nitrogens with zero attached hydrogens (tertiary/aromatic N) is 2. The summed E-state index contributed by atoms with van der Waals surface area (Å²) in [4.78, 5) is 8.99. The summed E-state index contributed by atoms with van der Waals surface area (Å²) >= 11 is 0. The van der Waals surface area contributed by atoms with Crippen LogP contribution < -0.4 is 0 Å². The molecule has 0 amide bonds. The molecule has 2 aromatic heterocycles. The minimum absolute atomic E-state index is 0.332. The zero-order valence-corrected chi connectivity index (χ0v) is 10.9. The van der Waals surface area contributed by atoms with E-state index in [4.69, 9.17) is 0 Å². The van der Waals surface area contributed by atoms with Gasteiger partial charge in [-0.3, -0.25) is 9.97 Å². The molecule has 0 spiro atoms. The fourth-order valence-corrected chi connectivity index (χ4v) is 2.21. The van der Waals surface area contributed by atoms with Crippen molar-refractivity contribution in [2.75, 3.05) is 0 Å². The van der Waals surface area contributed by atoms with Crippen LogP contribution in [0.5, 0.6) is 0 Å². The fraction of sp³-hybridized carbons (Fsp3) is 0.375. The van der Waals surface area contributed by atoms with Crippen LogP contribution in [0.4, 0.5) is 0 Å². The van der Waals surface area contributed by atoms with Gasteiger partial charge >= 0.3 is 0 Å². The van der Waals surface area contributed by atoms with Gasteiger partial charge in [-0.2, -0.15) is 0 Å². The molecule has 0 N–H and O–H groups in total. The van der Waals surface area contributed by atoms with Gasteiger partial charge in [-0.05, 0) is 30.7 Å². The molecule has 2 heteroatoms. The Kier molecular flexibility index (Phi) is 4.88. The number of hydrogen-bond donors (Lipinski definition) is 0. The van der Waals surface area contributed by atoms with E-state index < -0.39 is 0 Å². The molecule has 2 aromatic rings. The number of unbranched alkanes of at least 4 members (excludes halogenated alkanes) is 2.